The first kappa shape index (κ1) is 23.1. The average Bonchev–Trinajstić information content (AvgIpc) is 2.80. The number of hydrogen-bond donors (Lipinski definition) is 1. The zero-order chi connectivity index (χ0) is 22.1. The van der Waals surface area contributed by atoms with Crippen molar-refractivity contribution in [2.75, 3.05) is 36.0 Å². The van der Waals surface area contributed by atoms with Gasteiger partial charge in [-0.05, 0) is 71.7 Å². The van der Waals surface area contributed by atoms with Crippen molar-refractivity contribution in [3.8, 4) is 5.75 Å². The molecule has 0 bridgehead atoms. The zero-order valence-electron chi connectivity index (χ0n) is 18.1. The number of halogens is 1. The van der Waals surface area contributed by atoms with E-state index in [9.17, 15) is 5.11 Å². The summed E-state index contributed by atoms with van der Waals surface area (Å²) in [6, 6.07) is 22.1. The van der Waals surface area contributed by atoms with Gasteiger partial charge in [0.1, 0.15) is 24.3 Å². The molecule has 0 aliphatic carbocycles. The summed E-state index contributed by atoms with van der Waals surface area (Å²) in [6.07, 6.45) is 1.11. The van der Waals surface area contributed by atoms with E-state index >= 15 is 0 Å². The van der Waals surface area contributed by atoms with E-state index in [4.69, 9.17) is 4.74 Å². The maximum absolute atomic E-state index is 10.7. The Morgan fingerprint density at radius 3 is 2.29 bits per heavy atom. The van der Waals surface area contributed by atoms with E-state index in [1.165, 1.54) is 11.3 Å². The lowest BCUT2D eigenvalue weighted by Gasteiger charge is -2.27. The van der Waals surface area contributed by atoms with Crippen molar-refractivity contribution in [1.29, 1.82) is 0 Å². The van der Waals surface area contributed by atoms with Crippen molar-refractivity contribution in [3.63, 3.8) is 0 Å². The van der Waals surface area contributed by atoms with Gasteiger partial charge in [0, 0.05) is 38.1 Å². The van der Waals surface area contributed by atoms with E-state index in [1.54, 1.807) is 6.20 Å². The molecule has 0 aliphatic heterocycles. The predicted molar refractivity (Wildman–Crippen MR) is 131 cm³/mol. The summed E-state index contributed by atoms with van der Waals surface area (Å²) in [5.74, 6) is 1.55. The molecule has 1 N–H and O–H groups in total. The van der Waals surface area contributed by atoms with Crippen LogP contribution in [-0.2, 0) is 6.54 Å². The van der Waals surface area contributed by atoms with Crippen molar-refractivity contribution >= 4 is 27.4 Å². The molecule has 0 saturated carbocycles. The Labute approximate surface area is 193 Å². The Bertz CT molecular complexity index is 918. The molecule has 1 heterocycles. The summed E-state index contributed by atoms with van der Waals surface area (Å²) in [5.41, 5.74) is 2.39. The van der Waals surface area contributed by atoms with Crippen LogP contribution in [0, 0.1) is 0 Å². The first-order valence-electron chi connectivity index (χ1n) is 10.7. The molecule has 0 spiro atoms. The summed E-state index contributed by atoms with van der Waals surface area (Å²) in [4.78, 5) is 8.90. The molecule has 6 heteroatoms. The van der Waals surface area contributed by atoms with Crippen LogP contribution < -0.4 is 14.5 Å². The number of ether oxygens (including phenoxy) is 1. The standard InChI is InChI=1S/C25H30BrN3O2/c1-3-28(4-2)21-14-12-20(13-15-21)17-29(25-11-7-8-16-27-25)18-22(30)19-31-24-10-6-5-9-23(24)26/h5-16,22,30H,3-4,17-19H2,1-2H3. The highest BCUT2D eigenvalue weighted by Gasteiger charge is 2.16. The lowest BCUT2D eigenvalue weighted by atomic mass is 10.1. The second-order valence-electron chi connectivity index (χ2n) is 7.30. The highest BCUT2D eigenvalue weighted by Crippen LogP contribution is 2.24. The van der Waals surface area contributed by atoms with Gasteiger partial charge in [0.25, 0.3) is 0 Å². The number of aliphatic hydroxyl groups is 1. The summed E-state index contributed by atoms with van der Waals surface area (Å²) in [7, 11) is 0. The van der Waals surface area contributed by atoms with Gasteiger partial charge in [-0.3, -0.25) is 0 Å². The number of rotatable bonds is 11. The molecular formula is C25H30BrN3O2. The van der Waals surface area contributed by atoms with Gasteiger partial charge < -0.3 is 19.6 Å². The fraction of sp³-hybridized carbons (Fsp3) is 0.320. The second-order valence-corrected chi connectivity index (χ2v) is 8.16. The topological polar surface area (TPSA) is 48.8 Å². The Morgan fingerprint density at radius 2 is 1.65 bits per heavy atom. The summed E-state index contributed by atoms with van der Waals surface area (Å²) >= 11 is 3.47. The van der Waals surface area contributed by atoms with E-state index in [1.807, 2.05) is 42.5 Å². The van der Waals surface area contributed by atoms with Crippen LogP contribution in [0.15, 0.2) is 77.4 Å². The van der Waals surface area contributed by atoms with Crippen LogP contribution in [0.4, 0.5) is 11.5 Å². The van der Waals surface area contributed by atoms with Crippen LogP contribution in [0.1, 0.15) is 19.4 Å². The monoisotopic (exact) mass is 483 g/mol. The van der Waals surface area contributed by atoms with Crippen LogP contribution in [0.25, 0.3) is 0 Å². The number of para-hydroxylation sites is 1. The number of aromatic nitrogens is 1. The van der Waals surface area contributed by atoms with Crippen LogP contribution in [0.3, 0.4) is 0 Å². The maximum atomic E-state index is 10.7. The van der Waals surface area contributed by atoms with E-state index in [-0.39, 0.29) is 6.61 Å². The third-order valence-electron chi connectivity index (χ3n) is 5.11. The lowest BCUT2D eigenvalue weighted by molar-refractivity contribution is 0.111. The van der Waals surface area contributed by atoms with Gasteiger partial charge in [0.2, 0.25) is 0 Å². The molecule has 0 amide bonds. The number of nitrogens with zero attached hydrogens (tertiary/aromatic N) is 3. The SMILES string of the molecule is CCN(CC)c1ccc(CN(CC(O)COc2ccccc2Br)c2ccccn2)cc1. The number of benzene rings is 2. The van der Waals surface area contributed by atoms with Crippen molar-refractivity contribution < 1.29 is 9.84 Å². The van der Waals surface area contributed by atoms with Crippen LogP contribution in [0.2, 0.25) is 0 Å². The average molecular weight is 484 g/mol. The molecule has 2 aromatic carbocycles. The van der Waals surface area contributed by atoms with Gasteiger partial charge in [-0.1, -0.05) is 30.3 Å². The van der Waals surface area contributed by atoms with Crippen molar-refractivity contribution in [1.82, 2.24) is 4.98 Å². The fourth-order valence-corrected chi connectivity index (χ4v) is 3.86. The van der Waals surface area contributed by atoms with Gasteiger partial charge in [-0.2, -0.15) is 0 Å². The van der Waals surface area contributed by atoms with E-state index < -0.39 is 6.10 Å². The Morgan fingerprint density at radius 1 is 0.935 bits per heavy atom. The van der Waals surface area contributed by atoms with Gasteiger partial charge in [-0.25, -0.2) is 4.98 Å². The van der Waals surface area contributed by atoms with E-state index in [0.717, 1.165) is 29.1 Å². The lowest BCUT2D eigenvalue weighted by Crippen LogP contribution is -2.36. The van der Waals surface area contributed by atoms with Crippen LogP contribution >= 0.6 is 15.9 Å². The van der Waals surface area contributed by atoms with Gasteiger partial charge in [0.05, 0.1) is 4.47 Å². The molecule has 0 saturated heterocycles. The molecule has 31 heavy (non-hydrogen) atoms. The molecule has 1 aromatic heterocycles. The predicted octanol–water partition coefficient (Wildman–Crippen LogP) is 5.14. The number of pyridine rings is 1. The highest BCUT2D eigenvalue weighted by atomic mass is 79.9. The summed E-state index contributed by atoms with van der Waals surface area (Å²) in [6.45, 7) is 7.57. The molecule has 0 fully saturated rings. The van der Waals surface area contributed by atoms with Gasteiger partial charge in [-0.15, -0.1) is 0 Å². The molecule has 3 aromatic rings. The fourth-order valence-electron chi connectivity index (χ4n) is 3.46. The third-order valence-corrected chi connectivity index (χ3v) is 5.77. The highest BCUT2D eigenvalue weighted by molar-refractivity contribution is 9.10. The Hall–Kier alpha value is -2.57. The minimum Gasteiger partial charge on any atom is -0.490 e. The second kappa shape index (κ2) is 11.7. The normalized spacial score (nSPS) is 11.7. The molecular weight excluding hydrogens is 454 g/mol. The number of aliphatic hydroxyl groups excluding tert-OH is 1. The molecule has 0 radical (unpaired) electrons. The van der Waals surface area contributed by atoms with Gasteiger partial charge >= 0.3 is 0 Å². The zero-order valence-corrected chi connectivity index (χ0v) is 19.7. The minimum absolute atomic E-state index is 0.201. The Balaban J connectivity index is 1.68. The van der Waals surface area contributed by atoms with Crippen molar-refractivity contribution in [2.24, 2.45) is 0 Å². The first-order valence-corrected chi connectivity index (χ1v) is 11.4. The van der Waals surface area contributed by atoms with Gasteiger partial charge in [0.15, 0.2) is 0 Å². The molecule has 1 unspecified atom stereocenters. The Kier molecular flexibility index (Phi) is 8.74. The summed E-state index contributed by atoms with van der Waals surface area (Å²) < 4.78 is 6.68. The van der Waals surface area contributed by atoms with Crippen LogP contribution in [-0.4, -0.2) is 42.4 Å². The number of anilines is 2. The minimum atomic E-state index is -0.663. The van der Waals surface area contributed by atoms with E-state index in [0.29, 0.717) is 13.1 Å². The van der Waals surface area contributed by atoms with Crippen molar-refractivity contribution in [3.05, 3.63) is 83.0 Å². The largest absolute Gasteiger partial charge is 0.490 e. The molecule has 1 atom stereocenters. The maximum Gasteiger partial charge on any atom is 0.133 e. The number of hydrogen-bond acceptors (Lipinski definition) is 5. The quantitative estimate of drug-likeness (QED) is 0.409. The van der Waals surface area contributed by atoms with Crippen molar-refractivity contribution in [2.45, 2.75) is 26.5 Å². The first-order chi connectivity index (χ1) is 15.1. The van der Waals surface area contributed by atoms with Crippen LogP contribution in [0.5, 0.6) is 5.75 Å². The molecule has 3 rings (SSSR count). The molecule has 0 aliphatic rings. The third kappa shape index (κ3) is 6.71. The molecule has 164 valence electrons. The smallest absolute Gasteiger partial charge is 0.133 e. The van der Waals surface area contributed by atoms with E-state index in [2.05, 4.69) is 68.8 Å². The molecule has 5 nitrogen and oxygen atoms in total. The summed E-state index contributed by atoms with van der Waals surface area (Å²) in [5, 5.41) is 10.7.